The Morgan fingerprint density at radius 2 is 1.96 bits per heavy atom. The third-order valence-corrected chi connectivity index (χ3v) is 4.76. The average Bonchev–Trinajstić information content (AvgIpc) is 2.82. The van der Waals surface area contributed by atoms with Crippen LogP contribution in [0.15, 0.2) is 42.7 Å². The lowest BCUT2D eigenvalue weighted by molar-refractivity contribution is -0.137. The van der Waals surface area contributed by atoms with Crippen molar-refractivity contribution in [1.29, 1.82) is 0 Å². The summed E-state index contributed by atoms with van der Waals surface area (Å²) in [5.74, 6) is 0. The van der Waals surface area contributed by atoms with Crippen molar-refractivity contribution in [2.75, 3.05) is 26.2 Å². The van der Waals surface area contributed by atoms with Crippen LogP contribution in [-0.4, -0.2) is 45.4 Å². The Kier molecular flexibility index (Phi) is 4.84. The highest BCUT2D eigenvalue weighted by Crippen LogP contribution is 2.31. The Morgan fingerprint density at radius 1 is 1.07 bits per heavy atom. The molecule has 4 rings (SSSR count). The van der Waals surface area contributed by atoms with Gasteiger partial charge in [0.25, 0.3) is 0 Å². The molecule has 0 atom stereocenters. The van der Waals surface area contributed by atoms with Gasteiger partial charge in [0.2, 0.25) is 0 Å². The van der Waals surface area contributed by atoms with E-state index in [0.29, 0.717) is 23.6 Å². The summed E-state index contributed by atoms with van der Waals surface area (Å²) in [6.45, 7) is 4.07. The van der Waals surface area contributed by atoms with E-state index in [1.807, 2.05) is 12.1 Å². The van der Waals surface area contributed by atoms with Crippen LogP contribution in [0.4, 0.5) is 13.2 Å². The minimum absolute atomic E-state index is 0.492. The lowest BCUT2D eigenvalue weighted by Crippen LogP contribution is -2.28. The SMILES string of the molecule is FC(F)(F)c1ccc2nc(-c3ccccn3)c(CN3CCCNCC3)n2c1. The molecule has 0 amide bonds. The molecule has 142 valence electrons. The standard InChI is InChI=1S/C19H20F3N5/c20-19(21,22)14-5-6-17-25-18(15-4-1-2-8-24-15)16(27(17)12-14)13-26-10-3-7-23-9-11-26/h1-2,4-6,8,12,23H,3,7,9-11,13H2. The van der Waals surface area contributed by atoms with Crippen LogP contribution in [0.2, 0.25) is 0 Å². The molecular weight excluding hydrogens is 355 g/mol. The van der Waals surface area contributed by atoms with Crippen LogP contribution in [0.25, 0.3) is 17.0 Å². The predicted molar refractivity (Wildman–Crippen MR) is 96.2 cm³/mol. The van der Waals surface area contributed by atoms with E-state index >= 15 is 0 Å². The van der Waals surface area contributed by atoms with E-state index in [2.05, 4.69) is 20.2 Å². The Balaban J connectivity index is 1.82. The second-order valence-electron chi connectivity index (χ2n) is 6.65. The van der Waals surface area contributed by atoms with Crippen LogP contribution in [0.3, 0.4) is 0 Å². The van der Waals surface area contributed by atoms with E-state index < -0.39 is 11.7 Å². The fourth-order valence-electron chi connectivity index (χ4n) is 3.39. The smallest absolute Gasteiger partial charge is 0.315 e. The van der Waals surface area contributed by atoms with Crippen LogP contribution in [-0.2, 0) is 12.7 Å². The first-order valence-corrected chi connectivity index (χ1v) is 8.95. The van der Waals surface area contributed by atoms with Gasteiger partial charge in [-0.2, -0.15) is 13.2 Å². The van der Waals surface area contributed by atoms with Crippen LogP contribution in [0.5, 0.6) is 0 Å². The molecule has 27 heavy (non-hydrogen) atoms. The van der Waals surface area contributed by atoms with Crippen LogP contribution in [0.1, 0.15) is 17.7 Å². The first-order valence-electron chi connectivity index (χ1n) is 8.95. The largest absolute Gasteiger partial charge is 0.417 e. The zero-order valence-corrected chi connectivity index (χ0v) is 14.7. The molecule has 0 unspecified atom stereocenters. The lowest BCUT2D eigenvalue weighted by atomic mass is 10.2. The zero-order chi connectivity index (χ0) is 18.9. The van der Waals surface area contributed by atoms with Gasteiger partial charge in [0.1, 0.15) is 11.3 Å². The second-order valence-corrected chi connectivity index (χ2v) is 6.65. The summed E-state index contributed by atoms with van der Waals surface area (Å²) in [5.41, 5.74) is 1.84. The molecular formula is C19H20F3N5. The molecule has 0 bridgehead atoms. The molecule has 8 heteroatoms. The van der Waals surface area contributed by atoms with E-state index in [0.717, 1.165) is 50.6 Å². The fourth-order valence-corrected chi connectivity index (χ4v) is 3.39. The van der Waals surface area contributed by atoms with Gasteiger partial charge in [-0.25, -0.2) is 4.98 Å². The van der Waals surface area contributed by atoms with Gasteiger partial charge in [0, 0.05) is 32.0 Å². The summed E-state index contributed by atoms with van der Waals surface area (Å²) in [6.07, 6.45) is -0.586. The van der Waals surface area contributed by atoms with Gasteiger partial charge < -0.3 is 9.72 Å². The molecule has 0 spiro atoms. The maximum atomic E-state index is 13.2. The zero-order valence-electron chi connectivity index (χ0n) is 14.7. The highest BCUT2D eigenvalue weighted by molar-refractivity contribution is 5.63. The number of fused-ring (bicyclic) bond motifs is 1. The van der Waals surface area contributed by atoms with Crippen LogP contribution >= 0.6 is 0 Å². The number of nitrogens with zero attached hydrogens (tertiary/aromatic N) is 4. The third-order valence-electron chi connectivity index (χ3n) is 4.76. The molecule has 0 saturated carbocycles. The summed E-state index contributed by atoms with van der Waals surface area (Å²) in [5, 5.41) is 3.34. The average molecular weight is 375 g/mol. The van der Waals surface area contributed by atoms with Crippen molar-refractivity contribution in [2.45, 2.75) is 19.1 Å². The molecule has 3 aromatic rings. The number of nitrogens with one attached hydrogen (secondary N) is 1. The van der Waals surface area contributed by atoms with Crippen molar-refractivity contribution in [2.24, 2.45) is 0 Å². The van der Waals surface area contributed by atoms with Crippen LogP contribution < -0.4 is 5.32 Å². The molecule has 0 aliphatic carbocycles. The number of hydrogen-bond donors (Lipinski definition) is 1. The maximum absolute atomic E-state index is 13.2. The van der Waals surface area contributed by atoms with Gasteiger partial charge in [-0.05, 0) is 43.8 Å². The third kappa shape index (κ3) is 3.81. The number of rotatable bonds is 3. The van der Waals surface area contributed by atoms with Gasteiger partial charge in [-0.15, -0.1) is 0 Å². The summed E-state index contributed by atoms with van der Waals surface area (Å²) < 4.78 is 41.2. The molecule has 0 aromatic carbocycles. The minimum Gasteiger partial charge on any atom is -0.315 e. The van der Waals surface area contributed by atoms with E-state index in [4.69, 9.17) is 0 Å². The molecule has 1 N–H and O–H groups in total. The summed E-state index contributed by atoms with van der Waals surface area (Å²) in [6, 6.07) is 7.99. The normalized spacial score (nSPS) is 16.6. The van der Waals surface area contributed by atoms with Gasteiger partial charge in [0.15, 0.2) is 0 Å². The first kappa shape index (κ1) is 17.9. The summed E-state index contributed by atoms with van der Waals surface area (Å²) in [7, 11) is 0. The molecule has 1 fully saturated rings. The topological polar surface area (TPSA) is 45.5 Å². The number of aromatic nitrogens is 3. The van der Waals surface area contributed by atoms with Crippen molar-refractivity contribution < 1.29 is 13.2 Å². The molecule has 0 radical (unpaired) electrons. The van der Waals surface area contributed by atoms with Gasteiger partial charge in [0.05, 0.1) is 17.0 Å². The molecule has 1 aliphatic rings. The highest BCUT2D eigenvalue weighted by Gasteiger charge is 2.31. The summed E-state index contributed by atoms with van der Waals surface area (Å²) in [4.78, 5) is 11.2. The van der Waals surface area contributed by atoms with E-state index in [9.17, 15) is 13.2 Å². The molecule has 5 nitrogen and oxygen atoms in total. The molecule has 1 saturated heterocycles. The monoisotopic (exact) mass is 375 g/mol. The van der Waals surface area contributed by atoms with E-state index in [-0.39, 0.29) is 0 Å². The molecule has 1 aliphatic heterocycles. The Bertz CT molecular complexity index is 912. The number of imidazole rings is 1. The Labute approximate surface area is 154 Å². The second kappa shape index (κ2) is 7.28. The van der Waals surface area contributed by atoms with Gasteiger partial charge in [-0.3, -0.25) is 9.88 Å². The molecule has 3 aromatic heterocycles. The predicted octanol–water partition coefficient (Wildman–Crippen LogP) is 3.21. The van der Waals surface area contributed by atoms with Crippen molar-refractivity contribution in [3.63, 3.8) is 0 Å². The van der Waals surface area contributed by atoms with Crippen molar-refractivity contribution >= 4 is 5.65 Å². The van der Waals surface area contributed by atoms with E-state index in [1.165, 1.54) is 6.07 Å². The van der Waals surface area contributed by atoms with Crippen molar-refractivity contribution in [3.8, 4) is 11.4 Å². The Morgan fingerprint density at radius 3 is 2.74 bits per heavy atom. The van der Waals surface area contributed by atoms with Crippen molar-refractivity contribution in [3.05, 3.63) is 54.0 Å². The fraction of sp³-hybridized carbons (Fsp3) is 0.368. The highest BCUT2D eigenvalue weighted by atomic mass is 19.4. The Hall–Kier alpha value is -2.45. The number of halogens is 3. The van der Waals surface area contributed by atoms with Gasteiger partial charge >= 0.3 is 6.18 Å². The van der Waals surface area contributed by atoms with Gasteiger partial charge in [-0.1, -0.05) is 6.07 Å². The van der Waals surface area contributed by atoms with E-state index in [1.54, 1.807) is 16.7 Å². The first-order chi connectivity index (χ1) is 13.0. The number of alkyl halides is 3. The number of pyridine rings is 2. The summed E-state index contributed by atoms with van der Waals surface area (Å²) >= 11 is 0. The quantitative estimate of drug-likeness (QED) is 0.764. The minimum atomic E-state index is -4.40. The lowest BCUT2D eigenvalue weighted by Gasteiger charge is -2.20. The van der Waals surface area contributed by atoms with Crippen LogP contribution in [0, 0.1) is 0 Å². The molecule has 4 heterocycles. The number of hydrogen-bond acceptors (Lipinski definition) is 4. The maximum Gasteiger partial charge on any atom is 0.417 e. The van der Waals surface area contributed by atoms with Crippen molar-refractivity contribution in [1.82, 2.24) is 24.6 Å².